The van der Waals surface area contributed by atoms with Gasteiger partial charge in [0.05, 0.1) is 6.54 Å². The minimum Gasteiger partial charge on any atom is -0.357 e. The van der Waals surface area contributed by atoms with Gasteiger partial charge in [0.1, 0.15) is 5.82 Å². The molecule has 1 saturated heterocycles. The minimum absolute atomic E-state index is 0. The predicted molar refractivity (Wildman–Crippen MR) is 110 cm³/mol. The van der Waals surface area contributed by atoms with Gasteiger partial charge in [0.25, 0.3) is 0 Å². The molecule has 5 nitrogen and oxygen atoms in total. The van der Waals surface area contributed by atoms with Crippen LogP contribution in [0, 0.1) is 11.7 Å². The molecule has 1 unspecified atom stereocenters. The van der Waals surface area contributed by atoms with Crippen LogP contribution >= 0.6 is 24.0 Å². The second-order valence-corrected chi connectivity index (χ2v) is 6.39. The number of likely N-dealkylation sites (tertiary alicyclic amines) is 1. The SMILES string of the molecule is CCNC(=NCc1cccc(F)c1)NC1CCN(C(=O)C(C)C)C1.I. The lowest BCUT2D eigenvalue weighted by molar-refractivity contribution is -0.133. The molecule has 1 aromatic carbocycles. The van der Waals surface area contributed by atoms with E-state index >= 15 is 0 Å². The highest BCUT2D eigenvalue weighted by Gasteiger charge is 2.27. The topological polar surface area (TPSA) is 56.7 Å². The summed E-state index contributed by atoms with van der Waals surface area (Å²) < 4.78 is 13.2. The average molecular weight is 462 g/mol. The third-order valence-electron chi connectivity index (χ3n) is 3.99. The second kappa shape index (κ2) is 10.6. The monoisotopic (exact) mass is 462 g/mol. The van der Waals surface area contributed by atoms with E-state index in [-0.39, 0.29) is 47.7 Å². The number of carbonyl (C=O) groups is 1. The van der Waals surface area contributed by atoms with Crippen LogP contribution < -0.4 is 10.6 Å². The molecule has 2 N–H and O–H groups in total. The van der Waals surface area contributed by atoms with Gasteiger partial charge in [-0.25, -0.2) is 9.38 Å². The first kappa shape index (κ1) is 21.7. The highest BCUT2D eigenvalue weighted by atomic mass is 127. The molecule has 1 aliphatic rings. The lowest BCUT2D eigenvalue weighted by atomic mass is 10.2. The van der Waals surface area contributed by atoms with Crippen molar-refractivity contribution >= 4 is 35.8 Å². The van der Waals surface area contributed by atoms with E-state index in [1.54, 1.807) is 6.07 Å². The summed E-state index contributed by atoms with van der Waals surface area (Å²) in [5.74, 6) is 0.671. The summed E-state index contributed by atoms with van der Waals surface area (Å²) in [7, 11) is 0. The molecule has 7 heteroatoms. The fraction of sp³-hybridized carbons (Fsp3) is 0.556. The van der Waals surface area contributed by atoms with Gasteiger partial charge >= 0.3 is 0 Å². The van der Waals surface area contributed by atoms with Crippen molar-refractivity contribution in [2.45, 2.75) is 39.8 Å². The molecule has 0 bridgehead atoms. The summed E-state index contributed by atoms with van der Waals surface area (Å²) in [6.45, 7) is 8.48. The van der Waals surface area contributed by atoms with Gasteiger partial charge in [-0.2, -0.15) is 0 Å². The standard InChI is InChI=1S/C18H27FN4O.HI/c1-4-20-18(21-11-14-6-5-7-15(19)10-14)22-16-8-9-23(12-16)17(24)13(2)3;/h5-7,10,13,16H,4,8-9,11-12H2,1-3H3,(H2,20,21,22);1H. The smallest absolute Gasteiger partial charge is 0.225 e. The molecule has 2 rings (SSSR count). The van der Waals surface area contributed by atoms with Crippen LogP contribution in [-0.2, 0) is 11.3 Å². The molecular formula is C18H28FIN4O. The Morgan fingerprint density at radius 3 is 2.84 bits per heavy atom. The maximum Gasteiger partial charge on any atom is 0.225 e. The Labute approximate surface area is 166 Å². The average Bonchev–Trinajstić information content (AvgIpc) is 3.00. The minimum atomic E-state index is -0.251. The molecule has 1 heterocycles. The molecule has 140 valence electrons. The third-order valence-corrected chi connectivity index (χ3v) is 3.99. The molecule has 1 fully saturated rings. The van der Waals surface area contributed by atoms with Gasteiger partial charge in [-0.05, 0) is 31.0 Å². The van der Waals surface area contributed by atoms with E-state index in [4.69, 9.17) is 0 Å². The molecular weight excluding hydrogens is 434 g/mol. The molecule has 0 saturated carbocycles. The summed E-state index contributed by atoms with van der Waals surface area (Å²) in [5.41, 5.74) is 0.829. The Morgan fingerprint density at radius 2 is 2.20 bits per heavy atom. The lowest BCUT2D eigenvalue weighted by Gasteiger charge is -2.20. The fourth-order valence-electron chi connectivity index (χ4n) is 2.76. The van der Waals surface area contributed by atoms with Gasteiger partial charge in [0.2, 0.25) is 5.91 Å². The number of aliphatic imine (C=N–C) groups is 1. The molecule has 25 heavy (non-hydrogen) atoms. The number of carbonyl (C=O) groups excluding carboxylic acids is 1. The van der Waals surface area contributed by atoms with Gasteiger partial charge in [-0.15, -0.1) is 24.0 Å². The summed E-state index contributed by atoms with van der Waals surface area (Å²) in [6, 6.07) is 6.65. The molecule has 1 aliphatic heterocycles. The zero-order valence-corrected chi connectivity index (χ0v) is 17.4. The number of guanidine groups is 1. The summed E-state index contributed by atoms with van der Waals surface area (Å²) >= 11 is 0. The Hall–Kier alpha value is -1.38. The van der Waals surface area contributed by atoms with Gasteiger partial charge in [-0.1, -0.05) is 26.0 Å². The summed E-state index contributed by atoms with van der Waals surface area (Å²) in [5, 5.41) is 6.58. The van der Waals surface area contributed by atoms with Crippen LogP contribution in [0.2, 0.25) is 0 Å². The van der Waals surface area contributed by atoms with E-state index in [2.05, 4.69) is 15.6 Å². The van der Waals surface area contributed by atoms with E-state index in [0.29, 0.717) is 19.0 Å². The van der Waals surface area contributed by atoms with Crippen molar-refractivity contribution < 1.29 is 9.18 Å². The summed E-state index contributed by atoms with van der Waals surface area (Å²) in [4.78, 5) is 18.5. The first-order valence-corrected chi connectivity index (χ1v) is 8.57. The van der Waals surface area contributed by atoms with Crippen molar-refractivity contribution in [1.29, 1.82) is 0 Å². The van der Waals surface area contributed by atoms with Crippen LogP contribution in [0.1, 0.15) is 32.8 Å². The summed E-state index contributed by atoms with van der Waals surface area (Å²) in [6.07, 6.45) is 0.906. The van der Waals surface area contributed by atoms with E-state index in [0.717, 1.165) is 25.1 Å². The van der Waals surface area contributed by atoms with Crippen molar-refractivity contribution in [1.82, 2.24) is 15.5 Å². The highest BCUT2D eigenvalue weighted by Crippen LogP contribution is 2.13. The zero-order valence-electron chi connectivity index (χ0n) is 15.1. The Balaban J connectivity index is 0.00000312. The molecule has 0 radical (unpaired) electrons. The number of hydrogen-bond acceptors (Lipinski definition) is 2. The predicted octanol–water partition coefficient (Wildman–Crippen LogP) is 2.76. The lowest BCUT2D eigenvalue weighted by Crippen LogP contribution is -2.45. The van der Waals surface area contributed by atoms with Crippen molar-refractivity contribution in [2.75, 3.05) is 19.6 Å². The van der Waals surface area contributed by atoms with E-state index in [1.807, 2.05) is 31.7 Å². The van der Waals surface area contributed by atoms with Crippen molar-refractivity contribution in [3.05, 3.63) is 35.6 Å². The van der Waals surface area contributed by atoms with Gasteiger partial charge in [0, 0.05) is 31.6 Å². The van der Waals surface area contributed by atoms with Crippen LogP contribution in [0.25, 0.3) is 0 Å². The number of benzene rings is 1. The number of rotatable bonds is 5. The number of nitrogens with zero attached hydrogens (tertiary/aromatic N) is 2. The molecule has 0 aromatic heterocycles. The van der Waals surface area contributed by atoms with Crippen LogP contribution in [0.15, 0.2) is 29.3 Å². The number of amides is 1. The van der Waals surface area contributed by atoms with Crippen LogP contribution in [-0.4, -0.2) is 42.4 Å². The Kier molecular flexibility index (Phi) is 9.16. The zero-order chi connectivity index (χ0) is 17.5. The molecule has 1 aromatic rings. The first-order chi connectivity index (χ1) is 11.5. The van der Waals surface area contributed by atoms with E-state index < -0.39 is 0 Å². The quantitative estimate of drug-likeness (QED) is 0.402. The van der Waals surface area contributed by atoms with Crippen molar-refractivity contribution in [3.63, 3.8) is 0 Å². The molecule has 0 aliphatic carbocycles. The maximum absolute atomic E-state index is 13.2. The normalized spacial score (nSPS) is 17.4. The van der Waals surface area contributed by atoms with Crippen LogP contribution in [0.3, 0.4) is 0 Å². The van der Waals surface area contributed by atoms with Gasteiger partial charge in [0.15, 0.2) is 5.96 Å². The molecule has 0 spiro atoms. The van der Waals surface area contributed by atoms with Crippen molar-refractivity contribution in [2.24, 2.45) is 10.9 Å². The molecule has 1 atom stereocenters. The first-order valence-electron chi connectivity index (χ1n) is 8.57. The molecule has 1 amide bonds. The van der Waals surface area contributed by atoms with Gasteiger partial charge < -0.3 is 15.5 Å². The number of halogens is 2. The largest absolute Gasteiger partial charge is 0.357 e. The fourth-order valence-corrected chi connectivity index (χ4v) is 2.76. The van der Waals surface area contributed by atoms with Crippen molar-refractivity contribution in [3.8, 4) is 0 Å². The van der Waals surface area contributed by atoms with Crippen LogP contribution in [0.5, 0.6) is 0 Å². The Bertz CT molecular complexity index is 594. The van der Waals surface area contributed by atoms with Gasteiger partial charge in [-0.3, -0.25) is 4.79 Å². The second-order valence-electron chi connectivity index (χ2n) is 6.39. The third kappa shape index (κ3) is 6.80. The van der Waals surface area contributed by atoms with Crippen LogP contribution in [0.4, 0.5) is 4.39 Å². The highest BCUT2D eigenvalue weighted by molar-refractivity contribution is 14.0. The Morgan fingerprint density at radius 1 is 1.44 bits per heavy atom. The van der Waals surface area contributed by atoms with E-state index in [9.17, 15) is 9.18 Å². The van der Waals surface area contributed by atoms with E-state index in [1.165, 1.54) is 12.1 Å². The maximum atomic E-state index is 13.2. The number of nitrogens with one attached hydrogen (secondary N) is 2. The number of hydrogen-bond donors (Lipinski definition) is 2.